The number of ether oxygens (including phenoxy) is 4. The zero-order chi connectivity index (χ0) is 49.2. The molecule has 2 atom stereocenters. The number of carbonyl (C=O) groups is 3. The molecule has 0 spiro atoms. The van der Waals surface area contributed by atoms with Crippen molar-refractivity contribution in [2.75, 3.05) is 47.5 Å². The number of unbranched alkanes of at least 4 members (excludes halogenated alkanes) is 28. The van der Waals surface area contributed by atoms with E-state index in [9.17, 15) is 19.5 Å². The van der Waals surface area contributed by atoms with Crippen LogP contribution >= 0.6 is 0 Å². The van der Waals surface area contributed by atoms with Gasteiger partial charge in [-0.15, -0.1) is 0 Å². The summed E-state index contributed by atoms with van der Waals surface area (Å²) in [5, 5.41) is 11.8. The van der Waals surface area contributed by atoms with Crippen molar-refractivity contribution in [3.63, 3.8) is 0 Å². The Morgan fingerprint density at radius 3 is 1.21 bits per heavy atom. The van der Waals surface area contributed by atoms with Gasteiger partial charge in [0.05, 0.1) is 40.3 Å². The number of carboxylic acid groups (broad SMARTS) is 1. The Balaban J connectivity index is 4.28. The van der Waals surface area contributed by atoms with E-state index < -0.39 is 24.3 Å². The minimum Gasteiger partial charge on any atom is -0.545 e. The molecule has 0 N–H and O–H groups in total. The lowest BCUT2D eigenvalue weighted by Gasteiger charge is -2.26. The summed E-state index contributed by atoms with van der Waals surface area (Å²) in [5.74, 6) is -2.29. The van der Waals surface area contributed by atoms with Crippen molar-refractivity contribution in [2.24, 2.45) is 0 Å². The van der Waals surface area contributed by atoms with Gasteiger partial charge in [0, 0.05) is 12.8 Å². The van der Waals surface area contributed by atoms with E-state index in [1.807, 2.05) is 21.1 Å². The summed E-state index contributed by atoms with van der Waals surface area (Å²) in [7, 11) is 5.92. The lowest BCUT2D eigenvalue weighted by atomic mass is 10.0. The molecule has 0 aromatic carbocycles. The summed E-state index contributed by atoms with van der Waals surface area (Å²) in [5.41, 5.74) is 0. The van der Waals surface area contributed by atoms with Crippen LogP contribution in [-0.4, -0.2) is 82.3 Å². The van der Waals surface area contributed by atoms with Crippen LogP contribution in [0.1, 0.15) is 245 Å². The molecule has 0 heterocycles. The maximum atomic E-state index is 12.8. The molecular formula is C58H105NO8. The van der Waals surface area contributed by atoms with Gasteiger partial charge in [-0.25, -0.2) is 0 Å². The Hall–Kier alpha value is -2.75. The summed E-state index contributed by atoms with van der Waals surface area (Å²) < 4.78 is 22.7. The highest BCUT2D eigenvalue weighted by Crippen LogP contribution is 2.15. The molecule has 0 amide bonds. The fraction of sp³-hybridized carbons (Fsp3) is 0.810. The maximum Gasteiger partial charge on any atom is 0.306 e. The number of likely N-dealkylation sites (N-methyl/N-ethyl adjacent to an activating group) is 1. The number of quaternary nitrogens is 1. The van der Waals surface area contributed by atoms with Crippen LogP contribution in [-0.2, 0) is 33.3 Å². The quantitative estimate of drug-likeness (QED) is 0.0195. The van der Waals surface area contributed by atoms with Gasteiger partial charge in [0.15, 0.2) is 12.4 Å². The number of rotatable bonds is 51. The standard InChI is InChI=1S/C58H105NO8/c1-6-8-10-12-14-16-18-20-22-24-25-26-27-28-29-30-31-33-35-37-39-41-43-45-47-49-56(61)67-54(53-66-58(57(62)63)64-51-50-59(3,4)5)52-65-55(60)48-46-44-42-40-38-36-34-32-23-21-19-17-15-13-11-9-7-2/h18,20-21,23-25,27-28,54,58H,6-17,19,22,26,29-53H2,1-5H3/b20-18-,23-21-,25-24-,28-27-. The van der Waals surface area contributed by atoms with E-state index in [0.29, 0.717) is 17.4 Å². The van der Waals surface area contributed by atoms with Crippen LogP contribution in [0, 0.1) is 0 Å². The van der Waals surface area contributed by atoms with E-state index in [4.69, 9.17) is 18.9 Å². The molecule has 0 aromatic heterocycles. The topological polar surface area (TPSA) is 111 Å². The van der Waals surface area contributed by atoms with Crippen LogP contribution in [0.5, 0.6) is 0 Å². The van der Waals surface area contributed by atoms with Crippen LogP contribution in [0.2, 0.25) is 0 Å². The van der Waals surface area contributed by atoms with Crippen LogP contribution in [0.4, 0.5) is 0 Å². The molecule has 0 saturated carbocycles. The Kier molecular flexibility index (Phi) is 47.6. The van der Waals surface area contributed by atoms with Gasteiger partial charge < -0.3 is 33.3 Å². The van der Waals surface area contributed by atoms with Crippen LogP contribution in [0.25, 0.3) is 0 Å². The molecule has 0 aliphatic rings. The maximum absolute atomic E-state index is 12.8. The molecule has 0 radical (unpaired) electrons. The van der Waals surface area contributed by atoms with Crippen molar-refractivity contribution >= 4 is 17.9 Å². The Morgan fingerprint density at radius 2 is 0.806 bits per heavy atom. The summed E-state index contributed by atoms with van der Waals surface area (Å²) in [6.45, 7) is 4.74. The van der Waals surface area contributed by atoms with Crippen molar-refractivity contribution in [1.82, 2.24) is 0 Å². The van der Waals surface area contributed by atoms with Gasteiger partial charge in [0.25, 0.3) is 0 Å². The molecule has 0 aliphatic heterocycles. The van der Waals surface area contributed by atoms with Gasteiger partial charge in [-0.05, 0) is 77.0 Å². The third-order valence-corrected chi connectivity index (χ3v) is 12.0. The predicted octanol–water partition coefficient (Wildman–Crippen LogP) is 14.6. The second kappa shape index (κ2) is 49.7. The monoisotopic (exact) mass is 944 g/mol. The van der Waals surface area contributed by atoms with E-state index in [1.54, 1.807) is 0 Å². The molecule has 0 saturated heterocycles. The van der Waals surface area contributed by atoms with Gasteiger partial charge in [-0.3, -0.25) is 9.59 Å². The molecule has 67 heavy (non-hydrogen) atoms. The number of carbonyl (C=O) groups excluding carboxylic acids is 3. The number of allylic oxidation sites excluding steroid dienone is 8. The molecule has 0 bridgehead atoms. The molecule has 0 fully saturated rings. The zero-order valence-electron chi connectivity index (χ0n) is 44.3. The number of nitrogens with zero attached hydrogens (tertiary/aromatic N) is 1. The lowest BCUT2D eigenvalue weighted by molar-refractivity contribution is -0.870. The summed E-state index contributed by atoms with van der Waals surface area (Å²) in [4.78, 5) is 37.2. The number of hydrogen-bond donors (Lipinski definition) is 0. The first kappa shape index (κ1) is 64.2. The summed E-state index contributed by atoms with van der Waals surface area (Å²) in [6, 6.07) is 0. The highest BCUT2D eigenvalue weighted by Gasteiger charge is 2.22. The van der Waals surface area contributed by atoms with Gasteiger partial charge in [-0.2, -0.15) is 0 Å². The highest BCUT2D eigenvalue weighted by molar-refractivity contribution is 5.70. The molecule has 2 unspecified atom stereocenters. The normalized spacial score (nSPS) is 13.1. The van der Waals surface area contributed by atoms with E-state index >= 15 is 0 Å². The summed E-state index contributed by atoms with van der Waals surface area (Å²) >= 11 is 0. The Bertz CT molecular complexity index is 1240. The number of carboxylic acids is 1. The van der Waals surface area contributed by atoms with E-state index in [2.05, 4.69) is 62.5 Å². The number of esters is 2. The van der Waals surface area contributed by atoms with Crippen LogP contribution < -0.4 is 5.11 Å². The molecular weight excluding hydrogens is 839 g/mol. The van der Waals surface area contributed by atoms with Gasteiger partial charge in [0.2, 0.25) is 0 Å². The second-order valence-electron chi connectivity index (χ2n) is 19.9. The van der Waals surface area contributed by atoms with E-state index in [-0.39, 0.29) is 38.6 Å². The fourth-order valence-electron chi connectivity index (χ4n) is 7.71. The van der Waals surface area contributed by atoms with Crippen molar-refractivity contribution in [3.05, 3.63) is 48.6 Å². The smallest absolute Gasteiger partial charge is 0.306 e. The van der Waals surface area contributed by atoms with Crippen molar-refractivity contribution in [2.45, 2.75) is 257 Å². The SMILES string of the molecule is CCCCCCC/C=C\C/C=C\C/C=C\CCCCCCCCCCCCC(=O)OC(COC(=O)CCCCCCCCC/C=C\CCCCCCCC)COC(OCC[N+](C)(C)C)C(=O)[O-]. The minimum absolute atomic E-state index is 0.146. The third kappa shape index (κ3) is 50.9. The second-order valence-corrected chi connectivity index (χ2v) is 19.9. The number of hydrogen-bond acceptors (Lipinski definition) is 8. The fourth-order valence-corrected chi connectivity index (χ4v) is 7.71. The Labute approximate surface area is 412 Å². The molecule has 0 aromatic rings. The van der Waals surface area contributed by atoms with Crippen molar-refractivity contribution < 1.29 is 42.9 Å². The van der Waals surface area contributed by atoms with Crippen molar-refractivity contribution in [1.29, 1.82) is 0 Å². The average Bonchev–Trinajstić information content (AvgIpc) is 3.29. The van der Waals surface area contributed by atoms with Gasteiger partial charge >= 0.3 is 11.9 Å². The average molecular weight is 944 g/mol. The minimum atomic E-state index is -1.62. The first-order chi connectivity index (χ1) is 32.6. The molecule has 0 aliphatic carbocycles. The zero-order valence-corrected chi connectivity index (χ0v) is 44.3. The van der Waals surface area contributed by atoms with Gasteiger partial charge in [0.1, 0.15) is 13.2 Å². The molecule has 0 rings (SSSR count). The van der Waals surface area contributed by atoms with Crippen LogP contribution in [0.3, 0.4) is 0 Å². The first-order valence-electron chi connectivity index (χ1n) is 27.8. The molecule has 390 valence electrons. The van der Waals surface area contributed by atoms with Crippen molar-refractivity contribution in [3.8, 4) is 0 Å². The third-order valence-electron chi connectivity index (χ3n) is 12.0. The van der Waals surface area contributed by atoms with E-state index in [1.165, 1.54) is 141 Å². The molecule has 9 heteroatoms. The Morgan fingerprint density at radius 1 is 0.448 bits per heavy atom. The van der Waals surface area contributed by atoms with Crippen LogP contribution in [0.15, 0.2) is 48.6 Å². The lowest BCUT2D eigenvalue weighted by Crippen LogP contribution is -2.44. The predicted molar refractivity (Wildman–Crippen MR) is 279 cm³/mol. The van der Waals surface area contributed by atoms with Gasteiger partial charge in [-0.1, -0.05) is 204 Å². The molecule has 9 nitrogen and oxygen atoms in total. The highest BCUT2D eigenvalue weighted by atomic mass is 16.7. The first-order valence-corrected chi connectivity index (χ1v) is 27.8. The number of aliphatic carboxylic acids is 1. The summed E-state index contributed by atoms with van der Waals surface area (Å²) in [6.07, 6.45) is 57.2. The van der Waals surface area contributed by atoms with E-state index in [0.717, 1.165) is 70.6 Å². The largest absolute Gasteiger partial charge is 0.545 e.